The van der Waals surface area contributed by atoms with E-state index in [9.17, 15) is 18.0 Å². The zero-order valence-electron chi connectivity index (χ0n) is 16.7. The highest BCUT2D eigenvalue weighted by Gasteiger charge is 2.31. The number of esters is 1. The van der Waals surface area contributed by atoms with Crippen molar-refractivity contribution in [3.05, 3.63) is 77.1 Å². The third-order valence-electron chi connectivity index (χ3n) is 5.06. The minimum atomic E-state index is -4.36. The average Bonchev–Trinajstić information content (AvgIpc) is 2.67. The molecular weight excluding hydrogens is 379 g/mol. The molecule has 0 aromatic heterocycles. The Bertz CT molecular complexity index is 884. The van der Waals surface area contributed by atoms with Crippen LogP contribution in [0.5, 0.6) is 0 Å². The molecule has 2 aromatic rings. The van der Waals surface area contributed by atoms with Gasteiger partial charge in [-0.3, -0.25) is 4.79 Å². The number of hydrogen-bond acceptors (Lipinski definition) is 3. The predicted molar refractivity (Wildman–Crippen MR) is 107 cm³/mol. The van der Waals surface area contributed by atoms with Crippen LogP contribution >= 0.6 is 0 Å². The first kappa shape index (κ1) is 21.0. The standard InChI is InChI=1S/C23H24F3NO2/c1-15(2)17-6-10-20(11-7-17)27-14-21(29-16(3)28)12-13-22(27)18-4-8-19(9-5-18)23(24,25)26/h4-12,15,22H,13-14H2,1-3H3. The van der Waals surface area contributed by atoms with Crippen LogP contribution in [0, 0.1) is 0 Å². The number of benzene rings is 2. The van der Waals surface area contributed by atoms with E-state index < -0.39 is 11.7 Å². The van der Waals surface area contributed by atoms with Gasteiger partial charge < -0.3 is 9.64 Å². The first-order valence-corrected chi connectivity index (χ1v) is 9.56. The van der Waals surface area contributed by atoms with E-state index in [0.717, 1.165) is 23.4 Å². The van der Waals surface area contributed by atoms with Crippen molar-refractivity contribution >= 4 is 11.7 Å². The third kappa shape index (κ3) is 5.00. The van der Waals surface area contributed by atoms with Crippen LogP contribution in [0.2, 0.25) is 0 Å². The van der Waals surface area contributed by atoms with Crippen molar-refractivity contribution in [3.63, 3.8) is 0 Å². The summed E-state index contributed by atoms with van der Waals surface area (Å²) in [4.78, 5) is 13.4. The lowest BCUT2D eigenvalue weighted by Gasteiger charge is -2.37. The van der Waals surface area contributed by atoms with Crippen molar-refractivity contribution in [2.45, 2.75) is 45.3 Å². The second kappa shape index (κ2) is 8.31. The molecule has 0 radical (unpaired) electrons. The Hall–Kier alpha value is -2.76. The number of hydrogen-bond donors (Lipinski definition) is 0. The first-order valence-electron chi connectivity index (χ1n) is 9.56. The van der Waals surface area contributed by atoms with Crippen LogP contribution in [0.3, 0.4) is 0 Å². The topological polar surface area (TPSA) is 29.5 Å². The fourth-order valence-electron chi connectivity index (χ4n) is 3.50. The fraction of sp³-hybridized carbons (Fsp3) is 0.348. The van der Waals surface area contributed by atoms with E-state index >= 15 is 0 Å². The highest BCUT2D eigenvalue weighted by atomic mass is 19.4. The molecule has 0 spiro atoms. The lowest BCUT2D eigenvalue weighted by molar-refractivity contribution is -0.138. The molecule has 1 atom stereocenters. The van der Waals surface area contributed by atoms with Gasteiger partial charge in [0.1, 0.15) is 5.76 Å². The molecule has 0 amide bonds. The highest BCUT2D eigenvalue weighted by Crippen LogP contribution is 2.37. The van der Waals surface area contributed by atoms with Gasteiger partial charge in [0.25, 0.3) is 0 Å². The Morgan fingerprint density at radius 2 is 1.69 bits per heavy atom. The summed E-state index contributed by atoms with van der Waals surface area (Å²) >= 11 is 0. The van der Waals surface area contributed by atoms with Crippen LogP contribution in [0.1, 0.15) is 55.8 Å². The average molecular weight is 403 g/mol. The molecule has 3 rings (SSSR count). The number of anilines is 1. The molecule has 154 valence electrons. The summed E-state index contributed by atoms with van der Waals surface area (Å²) in [6.07, 6.45) is -2.00. The quantitative estimate of drug-likeness (QED) is 0.567. The van der Waals surface area contributed by atoms with Crippen LogP contribution in [0.15, 0.2) is 60.4 Å². The maximum atomic E-state index is 12.9. The van der Waals surface area contributed by atoms with E-state index in [0.29, 0.717) is 24.6 Å². The van der Waals surface area contributed by atoms with Crippen molar-refractivity contribution in [3.8, 4) is 0 Å². The van der Waals surface area contributed by atoms with Crippen molar-refractivity contribution in [1.29, 1.82) is 0 Å². The van der Waals surface area contributed by atoms with Crippen LogP contribution in [0.25, 0.3) is 0 Å². The summed E-state index contributed by atoms with van der Waals surface area (Å²) in [5.41, 5.74) is 2.25. The van der Waals surface area contributed by atoms with E-state index in [4.69, 9.17) is 4.74 Å². The molecule has 1 unspecified atom stereocenters. The molecule has 1 aliphatic heterocycles. The Morgan fingerprint density at radius 3 is 2.21 bits per heavy atom. The lowest BCUT2D eigenvalue weighted by atomic mass is 9.96. The van der Waals surface area contributed by atoms with Crippen molar-refractivity contribution in [2.24, 2.45) is 0 Å². The van der Waals surface area contributed by atoms with Crippen LogP contribution < -0.4 is 4.90 Å². The number of carbonyl (C=O) groups is 1. The number of rotatable bonds is 4. The van der Waals surface area contributed by atoms with Crippen LogP contribution in [0.4, 0.5) is 18.9 Å². The summed E-state index contributed by atoms with van der Waals surface area (Å²) in [5.74, 6) is 0.556. The molecule has 29 heavy (non-hydrogen) atoms. The highest BCUT2D eigenvalue weighted by molar-refractivity contribution is 5.67. The normalized spacial score (nSPS) is 17.3. The van der Waals surface area contributed by atoms with Gasteiger partial charge in [-0.1, -0.05) is 38.1 Å². The molecule has 2 aromatic carbocycles. The molecule has 0 aliphatic carbocycles. The van der Waals surface area contributed by atoms with Crippen molar-refractivity contribution in [2.75, 3.05) is 11.4 Å². The van der Waals surface area contributed by atoms with Gasteiger partial charge in [-0.2, -0.15) is 13.2 Å². The van der Waals surface area contributed by atoms with E-state index in [1.54, 1.807) is 0 Å². The lowest BCUT2D eigenvalue weighted by Crippen LogP contribution is -2.34. The molecule has 3 nitrogen and oxygen atoms in total. The van der Waals surface area contributed by atoms with Gasteiger partial charge in [-0.15, -0.1) is 0 Å². The minimum Gasteiger partial charge on any atom is -0.430 e. The molecular formula is C23H24F3NO2. The van der Waals surface area contributed by atoms with E-state index in [1.165, 1.54) is 24.6 Å². The van der Waals surface area contributed by atoms with Crippen LogP contribution in [-0.4, -0.2) is 12.5 Å². The van der Waals surface area contributed by atoms with E-state index in [1.807, 2.05) is 30.3 Å². The van der Waals surface area contributed by atoms with Gasteiger partial charge in [-0.05, 0) is 53.8 Å². The molecule has 0 saturated heterocycles. The number of nitrogens with zero attached hydrogens (tertiary/aromatic N) is 1. The summed E-state index contributed by atoms with van der Waals surface area (Å²) in [6, 6.07) is 13.2. The summed E-state index contributed by atoms with van der Waals surface area (Å²) in [7, 11) is 0. The van der Waals surface area contributed by atoms with Gasteiger partial charge in [0.05, 0.1) is 18.2 Å². The molecule has 0 saturated carbocycles. The Kier molecular flexibility index (Phi) is 6.01. The van der Waals surface area contributed by atoms with Gasteiger partial charge in [0, 0.05) is 12.6 Å². The van der Waals surface area contributed by atoms with Crippen LogP contribution in [-0.2, 0) is 15.7 Å². The SMILES string of the molecule is CC(=O)OC1=CCC(c2ccc(C(F)(F)F)cc2)N(c2ccc(C(C)C)cc2)C1. The summed E-state index contributed by atoms with van der Waals surface area (Å²) < 4.78 is 44.0. The Balaban J connectivity index is 1.94. The van der Waals surface area contributed by atoms with Gasteiger partial charge in [0.15, 0.2) is 0 Å². The van der Waals surface area contributed by atoms with Gasteiger partial charge in [0.2, 0.25) is 0 Å². The summed E-state index contributed by atoms with van der Waals surface area (Å²) in [6.45, 7) is 5.95. The maximum absolute atomic E-state index is 12.9. The predicted octanol–water partition coefficient (Wildman–Crippen LogP) is 6.23. The zero-order chi connectivity index (χ0) is 21.2. The number of halogens is 3. The Morgan fingerprint density at radius 1 is 1.07 bits per heavy atom. The Labute approximate surface area is 168 Å². The minimum absolute atomic E-state index is 0.151. The van der Waals surface area contributed by atoms with Crippen molar-refractivity contribution < 1.29 is 22.7 Å². The monoisotopic (exact) mass is 403 g/mol. The number of carbonyl (C=O) groups excluding carboxylic acids is 1. The van der Waals surface area contributed by atoms with Gasteiger partial charge >= 0.3 is 12.1 Å². The number of alkyl halides is 3. The molecule has 0 N–H and O–H groups in total. The van der Waals surface area contributed by atoms with E-state index in [-0.39, 0.29) is 12.0 Å². The summed E-state index contributed by atoms with van der Waals surface area (Å²) in [5, 5.41) is 0. The van der Waals surface area contributed by atoms with Gasteiger partial charge in [-0.25, -0.2) is 0 Å². The maximum Gasteiger partial charge on any atom is 0.416 e. The largest absolute Gasteiger partial charge is 0.430 e. The molecule has 0 bridgehead atoms. The molecule has 1 aliphatic rings. The third-order valence-corrected chi connectivity index (χ3v) is 5.06. The molecule has 6 heteroatoms. The second-order valence-electron chi connectivity index (χ2n) is 7.51. The van der Waals surface area contributed by atoms with E-state index in [2.05, 4.69) is 18.7 Å². The molecule has 1 heterocycles. The second-order valence-corrected chi connectivity index (χ2v) is 7.51. The first-order chi connectivity index (χ1) is 13.6. The molecule has 0 fully saturated rings. The fourth-order valence-corrected chi connectivity index (χ4v) is 3.50. The smallest absolute Gasteiger partial charge is 0.416 e. The van der Waals surface area contributed by atoms with Crippen molar-refractivity contribution in [1.82, 2.24) is 0 Å². The zero-order valence-corrected chi connectivity index (χ0v) is 16.7. The number of ether oxygens (including phenoxy) is 1.